The van der Waals surface area contributed by atoms with Gasteiger partial charge in [-0.05, 0) is 56.5 Å². The molecular formula is C27H31ClFN5O3. The molecule has 1 aliphatic rings. The lowest BCUT2D eigenvalue weighted by atomic mass is 10.1. The van der Waals surface area contributed by atoms with Crippen molar-refractivity contribution in [2.75, 3.05) is 37.9 Å². The van der Waals surface area contributed by atoms with E-state index in [0.29, 0.717) is 52.9 Å². The van der Waals surface area contributed by atoms with Gasteiger partial charge in [-0.25, -0.2) is 14.4 Å². The number of amides is 1. The van der Waals surface area contributed by atoms with Gasteiger partial charge in [-0.1, -0.05) is 24.6 Å². The molecule has 0 saturated heterocycles. The molecule has 8 nitrogen and oxygen atoms in total. The van der Waals surface area contributed by atoms with E-state index < -0.39 is 5.82 Å². The largest absolute Gasteiger partial charge is 0.491 e. The van der Waals surface area contributed by atoms with Gasteiger partial charge < -0.3 is 20.1 Å². The Morgan fingerprint density at radius 1 is 1.30 bits per heavy atom. The van der Waals surface area contributed by atoms with E-state index in [2.05, 4.69) is 20.6 Å². The fourth-order valence-electron chi connectivity index (χ4n) is 3.88. The zero-order chi connectivity index (χ0) is 26.4. The summed E-state index contributed by atoms with van der Waals surface area (Å²) in [4.78, 5) is 23.5. The Kier molecular flexibility index (Phi) is 8.91. The van der Waals surface area contributed by atoms with Crippen molar-refractivity contribution in [2.24, 2.45) is 5.92 Å². The highest BCUT2D eigenvalue weighted by Crippen LogP contribution is 2.36. The van der Waals surface area contributed by atoms with Crippen LogP contribution in [0.3, 0.4) is 0 Å². The Hall–Kier alpha value is -3.27. The van der Waals surface area contributed by atoms with Gasteiger partial charge in [0, 0.05) is 36.9 Å². The highest BCUT2D eigenvalue weighted by molar-refractivity contribution is 6.31. The number of fused-ring (bicyclic) bond motifs is 1. The van der Waals surface area contributed by atoms with Crippen molar-refractivity contribution in [3.05, 3.63) is 59.7 Å². The van der Waals surface area contributed by atoms with Crippen LogP contribution in [0.25, 0.3) is 10.9 Å². The van der Waals surface area contributed by atoms with E-state index in [1.54, 1.807) is 31.4 Å². The number of benzene rings is 2. The summed E-state index contributed by atoms with van der Waals surface area (Å²) in [6.07, 6.45) is 7.82. The van der Waals surface area contributed by atoms with Gasteiger partial charge in [0.2, 0.25) is 5.91 Å². The van der Waals surface area contributed by atoms with Crippen LogP contribution in [0, 0.1) is 11.7 Å². The van der Waals surface area contributed by atoms with Crippen molar-refractivity contribution in [1.82, 2.24) is 14.9 Å². The lowest BCUT2D eigenvalue weighted by Crippen LogP contribution is -2.32. The molecule has 2 N–H and O–H groups in total. The number of ether oxygens (including phenoxy) is 2. The summed E-state index contributed by atoms with van der Waals surface area (Å²) in [6, 6.07) is 7.90. The fraction of sp³-hybridized carbons (Fsp3) is 0.370. The maximum absolute atomic E-state index is 13.6. The van der Waals surface area contributed by atoms with E-state index in [0.717, 1.165) is 19.3 Å². The first-order valence-electron chi connectivity index (χ1n) is 12.2. The molecule has 1 fully saturated rings. The predicted molar refractivity (Wildman–Crippen MR) is 144 cm³/mol. The number of hydrogen-bond donors (Lipinski definition) is 2. The molecule has 2 aromatic carbocycles. The Morgan fingerprint density at radius 2 is 2.11 bits per heavy atom. The fourth-order valence-corrected chi connectivity index (χ4v) is 4.06. The third-order valence-electron chi connectivity index (χ3n) is 6.12. The van der Waals surface area contributed by atoms with Crippen LogP contribution in [0.5, 0.6) is 5.75 Å². The van der Waals surface area contributed by atoms with Gasteiger partial charge in [-0.2, -0.15) is 0 Å². The third kappa shape index (κ3) is 7.15. The molecule has 0 spiro atoms. The maximum Gasteiger partial charge on any atom is 0.248 e. The summed E-state index contributed by atoms with van der Waals surface area (Å²) in [5.41, 5.74) is 1.71. The number of rotatable bonds is 12. The number of nitrogens with one attached hydrogen (secondary N) is 2. The molecule has 0 radical (unpaired) electrons. The molecule has 1 saturated carbocycles. The van der Waals surface area contributed by atoms with Gasteiger partial charge in [-0.3, -0.25) is 9.69 Å². The second-order valence-electron chi connectivity index (χ2n) is 9.03. The standard InChI is InChI=1S/C27H31ClFN5O3/c1-4-26(36-3)34(2)11-5-6-25(35)33-23-13-19-22(14-24(23)37-15-17-7-8-17)30-16-31-27(19)32-18-9-10-21(29)20(28)12-18/h5-6,9-10,12-14,16-17,26H,4,7-8,11,15H2,1-3H3,(H,33,35)(H,30,31,32). The molecule has 196 valence electrons. The van der Waals surface area contributed by atoms with Crippen LogP contribution in [-0.4, -0.2) is 54.3 Å². The molecule has 4 rings (SSSR count). The van der Waals surface area contributed by atoms with Crippen LogP contribution in [0.4, 0.5) is 21.6 Å². The summed E-state index contributed by atoms with van der Waals surface area (Å²) < 4.78 is 25.1. The Morgan fingerprint density at radius 3 is 2.81 bits per heavy atom. The van der Waals surface area contributed by atoms with Crippen LogP contribution in [0.1, 0.15) is 26.2 Å². The monoisotopic (exact) mass is 527 g/mol. The molecule has 0 bridgehead atoms. The molecule has 0 aliphatic heterocycles. The van der Waals surface area contributed by atoms with Crippen LogP contribution >= 0.6 is 11.6 Å². The van der Waals surface area contributed by atoms with Crippen LogP contribution < -0.4 is 15.4 Å². The minimum Gasteiger partial charge on any atom is -0.491 e. The number of aromatic nitrogens is 2. The van der Waals surface area contributed by atoms with Crippen molar-refractivity contribution >= 4 is 45.6 Å². The van der Waals surface area contributed by atoms with Crippen molar-refractivity contribution in [2.45, 2.75) is 32.4 Å². The molecule has 10 heteroatoms. The van der Waals surface area contributed by atoms with E-state index in [1.165, 1.54) is 24.5 Å². The average Bonchev–Trinajstić information content (AvgIpc) is 3.71. The highest BCUT2D eigenvalue weighted by atomic mass is 35.5. The van der Waals surface area contributed by atoms with Gasteiger partial charge in [-0.15, -0.1) is 0 Å². The van der Waals surface area contributed by atoms with E-state index in [4.69, 9.17) is 21.1 Å². The first kappa shape index (κ1) is 26.8. The summed E-state index contributed by atoms with van der Waals surface area (Å²) in [5.74, 6) is 0.769. The van der Waals surface area contributed by atoms with Crippen molar-refractivity contribution < 1.29 is 18.7 Å². The van der Waals surface area contributed by atoms with E-state index in [1.807, 2.05) is 18.9 Å². The first-order valence-corrected chi connectivity index (χ1v) is 12.6. The predicted octanol–water partition coefficient (Wildman–Crippen LogP) is 5.76. The summed E-state index contributed by atoms with van der Waals surface area (Å²) >= 11 is 5.93. The van der Waals surface area contributed by atoms with Crippen molar-refractivity contribution in [1.29, 1.82) is 0 Å². The molecule has 1 heterocycles. The van der Waals surface area contributed by atoms with Gasteiger partial charge >= 0.3 is 0 Å². The van der Waals surface area contributed by atoms with Gasteiger partial charge in [0.05, 0.1) is 22.8 Å². The second-order valence-corrected chi connectivity index (χ2v) is 9.43. The Balaban J connectivity index is 1.58. The van der Waals surface area contributed by atoms with Crippen LogP contribution in [0.2, 0.25) is 5.02 Å². The minimum atomic E-state index is -0.506. The van der Waals surface area contributed by atoms with Crippen molar-refractivity contribution in [3.63, 3.8) is 0 Å². The van der Waals surface area contributed by atoms with Crippen LogP contribution in [0.15, 0.2) is 48.8 Å². The van der Waals surface area contributed by atoms with E-state index in [9.17, 15) is 9.18 Å². The zero-order valence-electron chi connectivity index (χ0n) is 21.1. The minimum absolute atomic E-state index is 0.000245. The smallest absolute Gasteiger partial charge is 0.248 e. The second kappa shape index (κ2) is 12.3. The lowest BCUT2D eigenvalue weighted by molar-refractivity contribution is -0.112. The van der Waals surface area contributed by atoms with Gasteiger partial charge in [0.25, 0.3) is 0 Å². The number of carbonyl (C=O) groups excluding carboxylic acids is 1. The number of carbonyl (C=O) groups is 1. The number of halogens is 2. The lowest BCUT2D eigenvalue weighted by Gasteiger charge is -2.24. The first-order chi connectivity index (χ1) is 17.9. The topological polar surface area (TPSA) is 88.6 Å². The molecule has 1 aromatic heterocycles. The summed E-state index contributed by atoms with van der Waals surface area (Å²) in [7, 11) is 3.61. The van der Waals surface area contributed by atoms with E-state index >= 15 is 0 Å². The Bertz CT molecular complexity index is 1280. The summed E-state index contributed by atoms with van der Waals surface area (Å²) in [5, 5.41) is 6.75. The summed E-state index contributed by atoms with van der Waals surface area (Å²) in [6.45, 7) is 3.18. The highest BCUT2D eigenvalue weighted by Gasteiger charge is 2.23. The third-order valence-corrected chi connectivity index (χ3v) is 6.41. The number of anilines is 3. The van der Waals surface area contributed by atoms with Crippen molar-refractivity contribution in [3.8, 4) is 5.75 Å². The molecular weight excluding hydrogens is 497 g/mol. The van der Waals surface area contributed by atoms with Crippen LogP contribution in [-0.2, 0) is 9.53 Å². The zero-order valence-corrected chi connectivity index (χ0v) is 21.9. The quantitative estimate of drug-likeness (QED) is 0.228. The van der Waals surface area contributed by atoms with Gasteiger partial charge in [0.1, 0.15) is 29.9 Å². The average molecular weight is 528 g/mol. The number of nitrogens with zero attached hydrogens (tertiary/aromatic N) is 3. The molecule has 37 heavy (non-hydrogen) atoms. The number of hydrogen-bond acceptors (Lipinski definition) is 7. The Labute approximate surface area is 220 Å². The molecule has 1 amide bonds. The number of likely N-dealkylation sites (N-methyl/N-ethyl adjacent to an activating group) is 1. The molecule has 1 atom stereocenters. The number of methoxy groups -OCH3 is 1. The van der Waals surface area contributed by atoms with Gasteiger partial charge in [0.15, 0.2) is 0 Å². The molecule has 1 unspecified atom stereocenters. The molecule has 1 aliphatic carbocycles. The maximum atomic E-state index is 13.6. The normalized spacial score (nSPS) is 14.3. The molecule has 3 aromatic rings. The van der Waals surface area contributed by atoms with E-state index in [-0.39, 0.29) is 17.2 Å². The SMILES string of the molecule is CCC(OC)N(C)CC=CC(=O)Nc1cc2c(Nc3ccc(F)c(Cl)c3)ncnc2cc1OCC1CC1.